The van der Waals surface area contributed by atoms with Gasteiger partial charge in [0.15, 0.2) is 5.75 Å². The fourth-order valence-corrected chi connectivity index (χ4v) is 2.26. The van der Waals surface area contributed by atoms with Gasteiger partial charge in [0, 0.05) is 0 Å². The fourth-order valence-electron chi connectivity index (χ4n) is 1.94. The molecule has 0 aliphatic heterocycles. The summed E-state index contributed by atoms with van der Waals surface area (Å²) in [5.74, 6) is 0.500. The number of nitriles is 1. The molecule has 3 aromatic rings. The minimum atomic E-state index is 0.0948. The van der Waals surface area contributed by atoms with Gasteiger partial charge in [-0.05, 0) is 24.3 Å². The summed E-state index contributed by atoms with van der Waals surface area (Å²) >= 11 is 11.9. The molecule has 0 fully saturated rings. The molecule has 6 heteroatoms. The molecule has 3 rings (SSSR count). The van der Waals surface area contributed by atoms with Gasteiger partial charge >= 0.3 is 0 Å². The van der Waals surface area contributed by atoms with Crippen molar-refractivity contribution in [1.82, 2.24) is 4.98 Å². The third-order valence-electron chi connectivity index (χ3n) is 2.89. The average Bonchev–Trinajstić information content (AvgIpc) is 2.86. The Morgan fingerprint density at radius 3 is 2.81 bits per heavy atom. The summed E-state index contributed by atoms with van der Waals surface area (Å²) in [6.45, 7) is 0.0948. The highest BCUT2D eigenvalue weighted by Gasteiger charge is 2.16. The highest BCUT2D eigenvalue weighted by Crippen LogP contribution is 2.33. The SMILES string of the molecule is N#Cc1oc2ccccc2c1OCc1nc(Cl)ccc1Cl. The van der Waals surface area contributed by atoms with Crippen LogP contribution in [0, 0.1) is 11.3 Å². The van der Waals surface area contributed by atoms with Crippen molar-refractivity contribution >= 4 is 34.2 Å². The van der Waals surface area contributed by atoms with Crippen LogP contribution in [0.1, 0.15) is 11.5 Å². The second-order valence-electron chi connectivity index (χ2n) is 4.22. The van der Waals surface area contributed by atoms with Crippen LogP contribution < -0.4 is 4.74 Å². The third-order valence-corrected chi connectivity index (χ3v) is 3.44. The zero-order valence-corrected chi connectivity index (χ0v) is 12.1. The Morgan fingerprint density at radius 2 is 2.00 bits per heavy atom. The van der Waals surface area contributed by atoms with Crippen molar-refractivity contribution in [1.29, 1.82) is 5.26 Å². The summed E-state index contributed by atoms with van der Waals surface area (Å²) in [6.07, 6.45) is 0. The Hall–Kier alpha value is -2.22. The minimum Gasteiger partial charge on any atom is -0.482 e. The number of furan rings is 1. The number of rotatable bonds is 3. The largest absolute Gasteiger partial charge is 0.482 e. The van der Waals surface area contributed by atoms with E-state index in [4.69, 9.17) is 37.6 Å². The summed E-state index contributed by atoms with van der Waals surface area (Å²) in [5, 5.41) is 10.6. The topological polar surface area (TPSA) is 59.0 Å². The lowest BCUT2D eigenvalue weighted by molar-refractivity contribution is 0.299. The van der Waals surface area contributed by atoms with Crippen LogP contribution in [-0.2, 0) is 6.61 Å². The standard InChI is InChI=1S/C15H8Cl2N2O2/c16-10-5-6-14(17)19-11(10)8-20-15-9-3-1-2-4-12(9)21-13(15)7-18/h1-6H,8H2. The van der Waals surface area contributed by atoms with Crippen LogP contribution in [0.2, 0.25) is 10.2 Å². The Balaban J connectivity index is 1.95. The van der Waals surface area contributed by atoms with Gasteiger partial charge in [-0.15, -0.1) is 0 Å². The maximum absolute atomic E-state index is 9.13. The van der Waals surface area contributed by atoms with E-state index in [0.29, 0.717) is 27.2 Å². The summed E-state index contributed by atoms with van der Waals surface area (Å²) in [4.78, 5) is 4.10. The van der Waals surface area contributed by atoms with Crippen LogP contribution in [0.3, 0.4) is 0 Å². The van der Waals surface area contributed by atoms with Gasteiger partial charge in [0.25, 0.3) is 0 Å². The van der Waals surface area contributed by atoms with E-state index in [2.05, 4.69) is 4.98 Å². The summed E-state index contributed by atoms with van der Waals surface area (Å²) in [6, 6.07) is 12.5. The molecule has 0 atom stereocenters. The van der Waals surface area contributed by atoms with E-state index < -0.39 is 0 Å². The molecule has 1 aromatic carbocycles. The molecule has 2 heterocycles. The number of nitrogens with zero attached hydrogens (tertiary/aromatic N) is 2. The second-order valence-corrected chi connectivity index (χ2v) is 5.01. The second kappa shape index (κ2) is 5.65. The lowest BCUT2D eigenvalue weighted by Gasteiger charge is -2.06. The predicted octanol–water partition coefficient (Wildman–Crippen LogP) is 4.59. The van der Waals surface area contributed by atoms with Gasteiger partial charge < -0.3 is 9.15 Å². The number of hydrogen-bond donors (Lipinski definition) is 0. The first-order valence-corrected chi connectivity index (χ1v) is 6.80. The quantitative estimate of drug-likeness (QED) is 0.663. The molecule has 0 radical (unpaired) electrons. The summed E-state index contributed by atoms with van der Waals surface area (Å²) in [7, 11) is 0. The molecule has 4 nitrogen and oxygen atoms in total. The summed E-state index contributed by atoms with van der Waals surface area (Å²) < 4.78 is 11.1. The van der Waals surface area contributed by atoms with Crippen molar-refractivity contribution in [2.45, 2.75) is 6.61 Å². The number of fused-ring (bicyclic) bond motifs is 1. The predicted molar refractivity (Wildman–Crippen MR) is 79.5 cm³/mol. The molecule has 0 saturated carbocycles. The Morgan fingerprint density at radius 1 is 1.19 bits per heavy atom. The number of pyridine rings is 1. The molecule has 0 bridgehead atoms. The molecule has 0 N–H and O–H groups in total. The lowest BCUT2D eigenvalue weighted by Crippen LogP contribution is -2.00. The van der Waals surface area contributed by atoms with Crippen LogP contribution in [0.4, 0.5) is 0 Å². The number of ether oxygens (including phenoxy) is 1. The normalized spacial score (nSPS) is 10.5. The molecule has 0 saturated heterocycles. The van der Waals surface area contributed by atoms with E-state index in [1.807, 2.05) is 24.3 Å². The van der Waals surface area contributed by atoms with E-state index in [0.717, 1.165) is 5.39 Å². The van der Waals surface area contributed by atoms with E-state index in [1.54, 1.807) is 18.2 Å². The van der Waals surface area contributed by atoms with Crippen LogP contribution >= 0.6 is 23.2 Å². The highest BCUT2D eigenvalue weighted by molar-refractivity contribution is 6.32. The van der Waals surface area contributed by atoms with Crippen molar-refractivity contribution in [2.24, 2.45) is 0 Å². The van der Waals surface area contributed by atoms with Crippen LogP contribution in [0.25, 0.3) is 11.0 Å². The molecule has 0 aliphatic carbocycles. The Labute approximate surface area is 130 Å². The molecule has 2 aromatic heterocycles. The number of halogens is 2. The maximum Gasteiger partial charge on any atom is 0.246 e. The first kappa shape index (κ1) is 13.7. The molecule has 0 unspecified atom stereocenters. The molecule has 0 aliphatic rings. The van der Waals surface area contributed by atoms with E-state index in [1.165, 1.54) is 0 Å². The van der Waals surface area contributed by atoms with Crippen molar-refractivity contribution in [3.05, 3.63) is 58.0 Å². The molecular formula is C15H8Cl2N2O2. The zero-order chi connectivity index (χ0) is 14.8. The lowest BCUT2D eigenvalue weighted by atomic mass is 10.2. The van der Waals surface area contributed by atoms with Crippen LogP contribution in [0.5, 0.6) is 5.75 Å². The van der Waals surface area contributed by atoms with Crippen molar-refractivity contribution in [3.63, 3.8) is 0 Å². The molecule has 21 heavy (non-hydrogen) atoms. The zero-order valence-electron chi connectivity index (χ0n) is 10.6. The highest BCUT2D eigenvalue weighted by atomic mass is 35.5. The number of aromatic nitrogens is 1. The van der Waals surface area contributed by atoms with E-state index >= 15 is 0 Å². The van der Waals surface area contributed by atoms with Crippen molar-refractivity contribution in [2.75, 3.05) is 0 Å². The molecular weight excluding hydrogens is 311 g/mol. The molecule has 0 amide bonds. The minimum absolute atomic E-state index is 0.0948. The van der Waals surface area contributed by atoms with Crippen molar-refractivity contribution in [3.8, 4) is 11.8 Å². The number of para-hydroxylation sites is 1. The van der Waals surface area contributed by atoms with Gasteiger partial charge in [0.2, 0.25) is 5.76 Å². The first-order chi connectivity index (χ1) is 10.2. The van der Waals surface area contributed by atoms with Crippen LogP contribution in [0.15, 0.2) is 40.8 Å². The van der Waals surface area contributed by atoms with Gasteiger partial charge in [-0.3, -0.25) is 0 Å². The van der Waals surface area contributed by atoms with Gasteiger partial charge in [-0.1, -0.05) is 35.3 Å². The number of hydrogen-bond acceptors (Lipinski definition) is 4. The molecule has 104 valence electrons. The van der Waals surface area contributed by atoms with Gasteiger partial charge in [-0.25, -0.2) is 4.98 Å². The van der Waals surface area contributed by atoms with E-state index in [-0.39, 0.29) is 12.4 Å². The van der Waals surface area contributed by atoms with Crippen molar-refractivity contribution < 1.29 is 9.15 Å². The fraction of sp³-hybridized carbons (Fsp3) is 0.0667. The van der Waals surface area contributed by atoms with Gasteiger partial charge in [-0.2, -0.15) is 5.26 Å². The first-order valence-electron chi connectivity index (χ1n) is 6.04. The van der Waals surface area contributed by atoms with Crippen LogP contribution in [-0.4, -0.2) is 4.98 Å². The van der Waals surface area contributed by atoms with Gasteiger partial charge in [0.1, 0.15) is 23.4 Å². The Bertz CT molecular complexity index is 852. The third kappa shape index (κ3) is 2.66. The Kier molecular flexibility index (Phi) is 3.70. The average molecular weight is 319 g/mol. The summed E-state index contributed by atoms with van der Waals surface area (Å²) in [5.41, 5.74) is 1.09. The molecule has 0 spiro atoms. The monoisotopic (exact) mass is 318 g/mol. The maximum atomic E-state index is 9.13. The van der Waals surface area contributed by atoms with E-state index in [9.17, 15) is 0 Å². The number of benzene rings is 1. The van der Waals surface area contributed by atoms with Gasteiger partial charge in [0.05, 0.1) is 16.1 Å². The smallest absolute Gasteiger partial charge is 0.246 e.